The lowest BCUT2D eigenvalue weighted by Crippen LogP contribution is -2.37. The zero-order valence-electron chi connectivity index (χ0n) is 9.93. The van der Waals surface area contributed by atoms with Gasteiger partial charge in [0.1, 0.15) is 11.6 Å². The fourth-order valence-electron chi connectivity index (χ4n) is 1.53. The summed E-state index contributed by atoms with van der Waals surface area (Å²) in [4.78, 5) is 11.6. The van der Waals surface area contributed by atoms with Crippen LogP contribution in [0.15, 0.2) is 0 Å². The van der Waals surface area contributed by atoms with E-state index in [-0.39, 0.29) is 13.0 Å². The molecule has 7 heteroatoms. The molecule has 2 atom stereocenters. The molecule has 17 heavy (non-hydrogen) atoms. The van der Waals surface area contributed by atoms with Gasteiger partial charge >= 0.3 is 12.3 Å². The predicted molar refractivity (Wildman–Crippen MR) is 53.2 cm³/mol. The first-order valence-corrected chi connectivity index (χ1v) is 5.27. The number of halogens is 3. The lowest BCUT2D eigenvalue weighted by molar-refractivity contribution is -0.340. The van der Waals surface area contributed by atoms with Crippen LogP contribution in [0, 0.1) is 0 Å². The molecule has 0 saturated carbocycles. The van der Waals surface area contributed by atoms with E-state index in [1.807, 2.05) is 0 Å². The van der Waals surface area contributed by atoms with Crippen LogP contribution in [0.2, 0.25) is 0 Å². The van der Waals surface area contributed by atoms with E-state index in [1.54, 1.807) is 20.8 Å². The maximum atomic E-state index is 11.9. The molecule has 1 aliphatic rings. The van der Waals surface area contributed by atoms with Crippen molar-refractivity contribution in [1.82, 2.24) is 5.32 Å². The van der Waals surface area contributed by atoms with E-state index >= 15 is 0 Å². The molecular weight excluding hydrogens is 239 g/mol. The molecule has 0 bridgehead atoms. The molecule has 1 N–H and O–H groups in total. The highest BCUT2D eigenvalue weighted by atomic mass is 19.4. The zero-order valence-corrected chi connectivity index (χ0v) is 9.93. The van der Waals surface area contributed by atoms with Gasteiger partial charge in [0, 0.05) is 13.0 Å². The van der Waals surface area contributed by atoms with Gasteiger partial charge in [-0.1, -0.05) is 0 Å². The quantitative estimate of drug-likeness (QED) is 0.761. The van der Waals surface area contributed by atoms with Gasteiger partial charge in [-0.25, -0.2) is 0 Å². The Labute approximate surface area is 97.5 Å². The van der Waals surface area contributed by atoms with Gasteiger partial charge in [-0.2, -0.15) is 0 Å². The molecule has 0 aromatic rings. The number of esters is 1. The van der Waals surface area contributed by atoms with Gasteiger partial charge in [0.2, 0.25) is 0 Å². The highest BCUT2D eigenvalue weighted by Gasteiger charge is 2.40. The Hall–Kier alpha value is -0.820. The summed E-state index contributed by atoms with van der Waals surface area (Å²) in [5, 5.41) is 2.65. The summed E-state index contributed by atoms with van der Waals surface area (Å²) >= 11 is 0. The van der Waals surface area contributed by atoms with E-state index in [2.05, 4.69) is 10.1 Å². The van der Waals surface area contributed by atoms with Gasteiger partial charge in [0.15, 0.2) is 0 Å². The Kier molecular flexibility index (Phi) is 4.03. The molecule has 0 amide bonds. The minimum Gasteiger partial charge on any atom is -0.459 e. The summed E-state index contributed by atoms with van der Waals surface area (Å²) in [6.45, 7) is 5.08. The highest BCUT2D eigenvalue weighted by Crippen LogP contribution is 2.24. The first-order valence-electron chi connectivity index (χ1n) is 5.27. The normalized spacial score (nSPS) is 26.0. The minimum absolute atomic E-state index is 0.0105. The Morgan fingerprint density at radius 2 is 1.88 bits per heavy atom. The molecule has 100 valence electrons. The number of rotatable bonds is 2. The van der Waals surface area contributed by atoms with Gasteiger partial charge in [-0.3, -0.25) is 9.53 Å². The van der Waals surface area contributed by atoms with E-state index in [1.165, 1.54) is 0 Å². The second-order valence-electron chi connectivity index (χ2n) is 4.92. The predicted octanol–water partition coefficient (Wildman–Crippen LogP) is 1.59. The number of carbonyl (C=O) groups is 1. The van der Waals surface area contributed by atoms with Crippen LogP contribution in [-0.2, 0) is 14.3 Å². The van der Waals surface area contributed by atoms with Crippen molar-refractivity contribution >= 4 is 5.97 Å². The molecule has 0 aromatic heterocycles. The van der Waals surface area contributed by atoms with Gasteiger partial charge in [-0.15, -0.1) is 13.2 Å². The average Bonchev–Trinajstić information content (AvgIpc) is 2.45. The molecule has 0 spiro atoms. The Morgan fingerprint density at radius 1 is 1.29 bits per heavy atom. The molecule has 0 aliphatic carbocycles. The Morgan fingerprint density at radius 3 is 2.35 bits per heavy atom. The van der Waals surface area contributed by atoms with E-state index < -0.39 is 30.1 Å². The molecule has 1 aliphatic heterocycles. The van der Waals surface area contributed by atoms with Crippen LogP contribution in [0.3, 0.4) is 0 Å². The molecule has 1 rings (SSSR count). The summed E-state index contributed by atoms with van der Waals surface area (Å²) in [6, 6.07) is -0.735. The van der Waals surface area contributed by atoms with Gasteiger partial charge in [-0.05, 0) is 20.8 Å². The number of hydrogen-bond acceptors (Lipinski definition) is 4. The smallest absolute Gasteiger partial charge is 0.459 e. The van der Waals surface area contributed by atoms with E-state index in [0.717, 1.165) is 0 Å². The monoisotopic (exact) mass is 255 g/mol. The number of carbonyl (C=O) groups excluding carboxylic acids is 1. The average molecular weight is 255 g/mol. The summed E-state index contributed by atoms with van der Waals surface area (Å²) < 4.78 is 44.7. The lowest BCUT2D eigenvalue weighted by atomic mass is 10.1. The van der Waals surface area contributed by atoms with Gasteiger partial charge in [0.05, 0.1) is 6.10 Å². The molecular formula is C10H16F3NO3. The Balaban J connectivity index is 2.43. The minimum atomic E-state index is -4.67. The lowest BCUT2D eigenvalue weighted by Gasteiger charge is -2.22. The molecule has 1 heterocycles. The van der Waals surface area contributed by atoms with Crippen LogP contribution in [0.4, 0.5) is 13.2 Å². The summed E-state index contributed by atoms with van der Waals surface area (Å²) in [6.07, 6.45) is -5.74. The van der Waals surface area contributed by atoms with Crippen LogP contribution in [0.25, 0.3) is 0 Å². The van der Waals surface area contributed by atoms with Crippen molar-refractivity contribution in [3.8, 4) is 0 Å². The Bertz CT molecular complexity index is 286. The summed E-state index contributed by atoms with van der Waals surface area (Å²) in [7, 11) is 0. The SMILES string of the molecule is CC(C)(C)OC(=O)[C@H]1C[C@H](OC(F)(F)F)CN1. The first-order chi connectivity index (χ1) is 7.57. The fourth-order valence-corrected chi connectivity index (χ4v) is 1.53. The van der Waals surface area contributed by atoms with Crippen LogP contribution in [0.5, 0.6) is 0 Å². The van der Waals surface area contributed by atoms with Gasteiger partial charge < -0.3 is 10.1 Å². The van der Waals surface area contributed by atoms with E-state index in [9.17, 15) is 18.0 Å². The maximum Gasteiger partial charge on any atom is 0.522 e. The standard InChI is InChI=1S/C10H16F3NO3/c1-9(2,3)17-8(15)7-4-6(5-14-7)16-10(11,12)13/h6-7,14H,4-5H2,1-3H3/t6-,7+/m0/s1. The third-order valence-corrected chi connectivity index (χ3v) is 2.08. The van der Waals surface area contributed by atoms with Crippen molar-refractivity contribution in [2.24, 2.45) is 0 Å². The summed E-state index contributed by atoms with van der Waals surface area (Å²) in [5.41, 5.74) is -0.651. The molecule has 1 saturated heterocycles. The number of alkyl halides is 3. The molecule has 0 aromatic carbocycles. The molecule has 0 radical (unpaired) electrons. The molecule has 0 unspecified atom stereocenters. The molecule has 1 fully saturated rings. The fraction of sp³-hybridized carbons (Fsp3) is 0.900. The third-order valence-electron chi connectivity index (χ3n) is 2.08. The van der Waals surface area contributed by atoms with Crippen molar-refractivity contribution in [1.29, 1.82) is 0 Å². The van der Waals surface area contributed by atoms with Crippen molar-refractivity contribution in [3.63, 3.8) is 0 Å². The zero-order chi connectivity index (χ0) is 13.3. The second kappa shape index (κ2) is 4.81. The number of hydrogen-bond donors (Lipinski definition) is 1. The first kappa shape index (κ1) is 14.2. The van der Waals surface area contributed by atoms with Crippen molar-refractivity contribution < 1.29 is 27.4 Å². The van der Waals surface area contributed by atoms with E-state index in [0.29, 0.717) is 0 Å². The van der Waals surface area contributed by atoms with E-state index in [4.69, 9.17) is 4.74 Å². The maximum absolute atomic E-state index is 11.9. The topological polar surface area (TPSA) is 47.6 Å². The van der Waals surface area contributed by atoms with Crippen LogP contribution < -0.4 is 5.32 Å². The van der Waals surface area contributed by atoms with Gasteiger partial charge in [0.25, 0.3) is 0 Å². The van der Waals surface area contributed by atoms with Crippen molar-refractivity contribution in [2.75, 3.05) is 6.54 Å². The largest absolute Gasteiger partial charge is 0.522 e. The molecule has 4 nitrogen and oxygen atoms in total. The van der Waals surface area contributed by atoms with Crippen LogP contribution in [-0.4, -0.2) is 36.6 Å². The van der Waals surface area contributed by atoms with Crippen molar-refractivity contribution in [2.45, 2.75) is 51.3 Å². The highest BCUT2D eigenvalue weighted by molar-refractivity contribution is 5.76. The number of ether oxygens (including phenoxy) is 2. The third kappa shape index (κ3) is 5.36. The van der Waals surface area contributed by atoms with Crippen LogP contribution >= 0.6 is 0 Å². The number of nitrogens with one attached hydrogen (secondary N) is 1. The summed E-state index contributed by atoms with van der Waals surface area (Å²) in [5.74, 6) is -0.550. The van der Waals surface area contributed by atoms with Crippen LogP contribution in [0.1, 0.15) is 27.2 Å². The second-order valence-corrected chi connectivity index (χ2v) is 4.92. The van der Waals surface area contributed by atoms with Crippen molar-refractivity contribution in [3.05, 3.63) is 0 Å².